The number of halogens is 2. The minimum Gasteiger partial charge on any atom is -0.506 e. The van der Waals surface area contributed by atoms with Gasteiger partial charge in [0.1, 0.15) is 23.9 Å². The van der Waals surface area contributed by atoms with E-state index in [0.717, 1.165) is 28.0 Å². The molecule has 1 aromatic heterocycles. The molecular formula is C36H40Cl2N4O8S. The number of thiazole rings is 1. The van der Waals surface area contributed by atoms with Gasteiger partial charge in [-0.3, -0.25) is 14.5 Å². The van der Waals surface area contributed by atoms with Gasteiger partial charge in [0.05, 0.1) is 14.7 Å². The Bertz CT molecular complexity index is 1880. The summed E-state index contributed by atoms with van der Waals surface area (Å²) >= 11 is 13.3. The second kappa shape index (κ2) is 17.8. The van der Waals surface area contributed by atoms with Gasteiger partial charge in [-0.1, -0.05) is 77.0 Å². The minimum atomic E-state index is -1.16. The normalized spacial score (nSPS) is 13.9. The van der Waals surface area contributed by atoms with E-state index in [9.17, 15) is 29.4 Å². The molecule has 12 nitrogen and oxygen atoms in total. The Morgan fingerprint density at radius 1 is 0.961 bits per heavy atom. The lowest BCUT2D eigenvalue weighted by atomic mass is 10.0. The number of fused-ring (bicyclic) bond motifs is 1. The topological polar surface area (TPSA) is 153 Å². The number of aromatic nitrogens is 1. The van der Waals surface area contributed by atoms with Gasteiger partial charge in [0.2, 0.25) is 5.91 Å². The third kappa shape index (κ3) is 9.94. The van der Waals surface area contributed by atoms with Gasteiger partial charge in [-0.05, 0) is 67.5 Å². The Morgan fingerprint density at radius 3 is 2.41 bits per heavy atom. The number of ether oxygens (including phenoxy) is 2. The maximum Gasteiger partial charge on any atom is 0.410 e. The van der Waals surface area contributed by atoms with Crippen molar-refractivity contribution in [3.05, 3.63) is 97.1 Å². The van der Waals surface area contributed by atoms with E-state index in [-0.39, 0.29) is 61.8 Å². The molecule has 272 valence electrons. The lowest BCUT2D eigenvalue weighted by Crippen LogP contribution is -2.55. The van der Waals surface area contributed by atoms with Crippen LogP contribution in [0.15, 0.2) is 65.5 Å². The van der Waals surface area contributed by atoms with Crippen LogP contribution in [-0.2, 0) is 33.7 Å². The largest absolute Gasteiger partial charge is 0.506 e. The third-order valence-electron chi connectivity index (χ3n) is 8.98. The summed E-state index contributed by atoms with van der Waals surface area (Å²) in [4.78, 5) is 59.0. The number of aromatic hydroxyl groups is 1. The Balaban J connectivity index is 1.33. The predicted molar refractivity (Wildman–Crippen MR) is 196 cm³/mol. The van der Waals surface area contributed by atoms with Crippen LogP contribution in [0.5, 0.6) is 5.75 Å². The van der Waals surface area contributed by atoms with Gasteiger partial charge in [0, 0.05) is 45.4 Å². The summed E-state index contributed by atoms with van der Waals surface area (Å²) in [6.07, 6.45) is -0.0391. The Kier molecular flexibility index (Phi) is 13.2. The van der Waals surface area contributed by atoms with E-state index in [1.54, 1.807) is 30.0 Å². The molecule has 0 spiro atoms. The van der Waals surface area contributed by atoms with E-state index in [0.29, 0.717) is 52.7 Å². The van der Waals surface area contributed by atoms with E-state index in [2.05, 4.69) is 4.98 Å². The summed E-state index contributed by atoms with van der Waals surface area (Å²) in [7, 11) is 0. The van der Waals surface area contributed by atoms with Gasteiger partial charge < -0.3 is 34.5 Å². The van der Waals surface area contributed by atoms with Gasteiger partial charge in [-0.25, -0.2) is 9.59 Å². The number of aromatic amines is 1. The Hall–Kier alpha value is -4.30. The second-order valence-corrected chi connectivity index (χ2v) is 14.1. The molecule has 0 bridgehead atoms. The number of carboxylic acid groups (broad SMARTS) is 1. The number of carbonyl (C=O) groups excluding carboxylic acids is 2. The number of H-pyrrole nitrogens is 1. The SMILES string of the molecule is CC(C(=O)N(CCN(CCc1ccc(O)c2[nH]c(=O)sc12)C(=O)O)C1CCOCC1)N(CCc1ccc(Cl)c(Cl)c1)C(=O)OCc1ccccc1. The number of carbonyl (C=O) groups is 3. The van der Waals surface area contributed by atoms with Crippen LogP contribution in [0.25, 0.3) is 10.2 Å². The summed E-state index contributed by atoms with van der Waals surface area (Å²) in [5.41, 5.74) is 2.65. The first-order chi connectivity index (χ1) is 24.5. The second-order valence-electron chi connectivity index (χ2n) is 12.3. The molecule has 1 unspecified atom stereocenters. The number of benzene rings is 3. The van der Waals surface area contributed by atoms with Crippen molar-refractivity contribution in [3.63, 3.8) is 0 Å². The molecule has 0 aliphatic carbocycles. The summed E-state index contributed by atoms with van der Waals surface area (Å²) in [6.45, 7) is 2.90. The molecular weight excluding hydrogens is 719 g/mol. The summed E-state index contributed by atoms with van der Waals surface area (Å²) in [6, 6.07) is 16.4. The molecule has 1 fully saturated rings. The first-order valence-corrected chi connectivity index (χ1v) is 18.2. The molecule has 1 aliphatic heterocycles. The van der Waals surface area contributed by atoms with E-state index in [4.69, 9.17) is 32.7 Å². The van der Waals surface area contributed by atoms with Crippen LogP contribution in [0.2, 0.25) is 10.0 Å². The highest BCUT2D eigenvalue weighted by Gasteiger charge is 2.35. The zero-order valence-electron chi connectivity index (χ0n) is 28.1. The van der Waals surface area contributed by atoms with Gasteiger partial charge >= 0.3 is 17.1 Å². The standard InChI is InChI=1S/C36H40Cl2N4O8S/c1-23(41(16-11-24-7-9-28(37)29(38)21-24)36(48)50-22-25-5-3-2-4-6-25)33(44)42(27-13-19-49-20-14-27)18-17-40(35(46)47)15-12-26-8-10-30(43)31-32(26)51-34(45)39-31/h2-10,21,23,27,43H,11-20,22H2,1H3,(H,39,45)(H,46,47). The van der Waals surface area contributed by atoms with Crippen molar-refractivity contribution >= 4 is 62.8 Å². The quantitative estimate of drug-likeness (QED) is 0.134. The first-order valence-electron chi connectivity index (χ1n) is 16.6. The molecule has 0 saturated carbocycles. The van der Waals surface area contributed by atoms with Crippen molar-refractivity contribution < 1.29 is 34.1 Å². The lowest BCUT2D eigenvalue weighted by Gasteiger charge is -2.39. The van der Waals surface area contributed by atoms with Gasteiger partial charge in [-0.15, -0.1) is 0 Å². The van der Waals surface area contributed by atoms with Crippen LogP contribution in [0, 0.1) is 0 Å². The smallest absolute Gasteiger partial charge is 0.410 e. The number of hydrogen-bond donors (Lipinski definition) is 3. The number of nitrogens with zero attached hydrogens (tertiary/aromatic N) is 3. The summed E-state index contributed by atoms with van der Waals surface area (Å²) < 4.78 is 11.8. The molecule has 3 N–H and O–H groups in total. The zero-order valence-corrected chi connectivity index (χ0v) is 30.4. The van der Waals surface area contributed by atoms with Gasteiger partial charge in [-0.2, -0.15) is 0 Å². The van der Waals surface area contributed by atoms with Crippen LogP contribution in [0.1, 0.15) is 36.5 Å². The molecule has 0 radical (unpaired) electrons. The van der Waals surface area contributed by atoms with E-state index < -0.39 is 18.2 Å². The lowest BCUT2D eigenvalue weighted by molar-refractivity contribution is -0.140. The number of rotatable bonds is 14. The highest BCUT2D eigenvalue weighted by atomic mass is 35.5. The van der Waals surface area contributed by atoms with Crippen molar-refractivity contribution in [2.24, 2.45) is 0 Å². The van der Waals surface area contributed by atoms with E-state index in [1.807, 2.05) is 36.4 Å². The molecule has 1 saturated heterocycles. The van der Waals surface area contributed by atoms with Gasteiger partial charge in [0.15, 0.2) is 0 Å². The third-order valence-corrected chi connectivity index (χ3v) is 10.7. The maximum atomic E-state index is 14.4. The molecule has 51 heavy (non-hydrogen) atoms. The summed E-state index contributed by atoms with van der Waals surface area (Å²) in [5, 5.41) is 21.1. The number of amides is 3. The van der Waals surface area contributed by atoms with Gasteiger partial charge in [0.25, 0.3) is 0 Å². The Morgan fingerprint density at radius 2 is 1.71 bits per heavy atom. The van der Waals surface area contributed by atoms with Crippen LogP contribution in [0.4, 0.5) is 9.59 Å². The number of phenols is 1. The fourth-order valence-electron chi connectivity index (χ4n) is 6.09. The van der Waals surface area contributed by atoms with Crippen molar-refractivity contribution in [2.45, 2.75) is 51.3 Å². The predicted octanol–water partition coefficient (Wildman–Crippen LogP) is 6.40. The molecule has 4 aromatic rings. The zero-order chi connectivity index (χ0) is 36.5. The van der Waals surface area contributed by atoms with Crippen LogP contribution in [0.3, 0.4) is 0 Å². The summed E-state index contributed by atoms with van der Waals surface area (Å²) in [5.74, 6) is -0.396. The van der Waals surface area contributed by atoms with E-state index in [1.165, 1.54) is 15.9 Å². The molecule has 3 aromatic carbocycles. The fraction of sp³-hybridized carbons (Fsp3) is 0.389. The first kappa shape index (κ1) is 37.9. The van der Waals surface area contributed by atoms with Crippen molar-refractivity contribution in [1.82, 2.24) is 19.7 Å². The number of nitrogens with one attached hydrogen (secondary N) is 1. The van der Waals surface area contributed by atoms with Crippen molar-refractivity contribution in [3.8, 4) is 5.75 Å². The molecule has 5 rings (SSSR count). The highest BCUT2D eigenvalue weighted by Crippen LogP contribution is 2.28. The van der Waals surface area contributed by atoms with Crippen molar-refractivity contribution in [2.75, 3.05) is 39.4 Å². The molecule has 1 aliphatic rings. The fourth-order valence-corrected chi connectivity index (χ4v) is 7.31. The monoisotopic (exact) mass is 758 g/mol. The van der Waals surface area contributed by atoms with Crippen molar-refractivity contribution in [1.29, 1.82) is 0 Å². The Labute approximate surface area is 309 Å². The highest BCUT2D eigenvalue weighted by molar-refractivity contribution is 7.16. The molecule has 15 heteroatoms. The average molecular weight is 760 g/mol. The maximum absolute atomic E-state index is 14.4. The van der Waals surface area contributed by atoms with E-state index >= 15 is 0 Å². The van der Waals surface area contributed by atoms with Crippen LogP contribution >= 0.6 is 34.5 Å². The van der Waals surface area contributed by atoms with Crippen LogP contribution in [-0.4, -0.2) is 99.5 Å². The van der Waals surface area contributed by atoms with Crippen LogP contribution < -0.4 is 4.87 Å². The number of hydrogen-bond acceptors (Lipinski definition) is 8. The molecule has 2 heterocycles. The molecule has 1 atom stereocenters. The average Bonchev–Trinajstić information content (AvgIpc) is 3.54. The number of phenolic OH excluding ortho intramolecular Hbond substituents is 1. The molecule has 3 amide bonds. The minimum absolute atomic E-state index is 0.0114.